The van der Waals surface area contributed by atoms with E-state index in [0.717, 1.165) is 30.4 Å². The number of fused-ring (bicyclic) bond motifs is 1. The van der Waals surface area contributed by atoms with Gasteiger partial charge in [-0.25, -0.2) is 0 Å². The smallest absolute Gasteiger partial charge is 0.161 e. The first kappa shape index (κ1) is 11.8. The number of nitrogens with one attached hydrogen (secondary N) is 1. The molecule has 0 radical (unpaired) electrons. The Bertz CT molecular complexity index is 411. The van der Waals surface area contributed by atoms with E-state index in [9.17, 15) is 0 Å². The van der Waals surface area contributed by atoms with E-state index in [1.54, 1.807) is 0 Å². The van der Waals surface area contributed by atoms with Gasteiger partial charge in [-0.15, -0.1) is 0 Å². The molecule has 0 aliphatic carbocycles. The van der Waals surface area contributed by atoms with Crippen molar-refractivity contribution in [2.24, 2.45) is 5.92 Å². The molecule has 3 rings (SSSR count). The van der Waals surface area contributed by atoms with Gasteiger partial charge in [-0.3, -0.25) is 0 Å². The summed E-state index contributed by atoms with van der Waals surface area (Å²) in [5.41, 5.74) is 1.34. The summed E-state index contributed by atoms with van der Waals surface area (Å²) in [5.74, 6) is 2.61. The van der Waals surface area contributed by atoms with Gasteiger partial charge in [-0.2, -0.15) is 0 Å². The fraction of sp³-hybridized carbons (Fsp3) is 0.600. The van der Waals surface area contributed by atoms with Crippen molar-refractivity contribution in [3.8, 4) is 11.5 Å². The molecular weight excluding hydrogens is 226 g/mol. The van der Waals surface area contributed by atoms with Crippen LogP contribution in [0.2, 0.25) is 0 Å². The van der Waals surface area contributed by atoms with E-state index in [1.165, 1.54) is 18.4 Å². The van der Waals surface area contributed by atoms with E-state index in [1.807, 2.05) is 6.07 Å². The summed E-state index contributed by atoms with van der Waals surface area (Å²) < 4.78 is 11.2. The quantitative estimate of drug-likeness (QED) is 0.870. The normalized spacial score (nSPS) is 26.9. The molecule has 1 fully saturated rings. The van der Waals surface area contributed by atoms with Crippen LogP contribution < -0.4 is 14.8 Å². The first-order chi connectivity index (χ1) is 8.81. The molecule has 0 spiro atoms. The molecule has 98 valence electrons. The number of ether oxygens (including phenoxy) is 2. The van der Waals surface area contributed by atoms with Crippen molar-refractivity contribution in [1.82, 2.24) is 5.32 Å². The standard InChI is InChI=1S/C15H21NO2/c1-11-2-4-13(16-10-11)8-12-3-5-14-15(9-12)18-7-6-17-14/h3,5,9,11,13,16H,2,4,6-8,10H2,1H3. The molecule has 1 saturated heterocycles. The highest BCUT2D eigenvalue weighted by Gasteiger charge is 2.19. The average molecular weight is 247 g/mol. The predicted octanol–water partition coefficient (Wildman–Crippen LogP) is 2.39. The van der Waals surface area contributed by atoms with Crippen molar-refractivity contribution in [2.45, 2.75) is 32.2 Å². The van der Waals surface area contributed by atoms with Gasteiger partial charge >= 0.3 is 0 Å². The van der Waals surface area contributed by atoms with Crippen LogP contribution in [0.25, 0.3) is 0 Å². The molecule has 1 aromatic rings. The second-order valence-electron chi connectivity index (χ2n) is 5.47. The van der Waals surface area contributed by atoms with Crippen LogP contribution in [0.4, 0.5) is 0 Å². The molecule has 2 atom stereocenters. The summed E-state index contributed by atoms with van der Waals surface area (Å²) in [7, 11) is 0. The fourth-order valence-electron chi connectivity index (χ4n) is 2.73. The maximum absolute atomic E-state index is 5.62. The second-order valence-corrected chi connectivity index (χ2v) is 5.47. The number of rotatable bonds is 2. The van der Waals surface area contributed by atoms with Gasteiger partial charge in [0.25, 0.3) is 0 Å². The van der Waals surface area contributed by atoms with Crippen molar-refractivity contribution >= 4 is 0 Å². The van der Waals surface area contributed by atoms with Gasteiger partial charge in [-0.1, -0.05) is 13.0 Å². The summed E-state index contributed by atoms with van der Waals surface area (Å²) in [6, 6.07) is 6.94. The third-order valence-corrected chi connectivity index (χ3v) is 3.85. The molecule has 2 aliphatic heterocycles. The van der Waals surface area contributed by atoms with Crippen molar-refractivity contribution in [3.05, 3.63) is 23.8 Å². The molecule has 2 aliphatic rings. The summed E-state index contributed by atoms with van der Waals surface area (Å²) >= 11 is 0. The molecule has 18 heavy (non-hydrogen) atoms. The van der Waals surface area contributed by atoms with Gasteiger partial charge in [0.2, 0.25) is 0 Å². The minimum atomic E-state index is 0.615. The van der Waals surface area contributed by atoms with E-state index in [-0.39, 0.29) is 0 Å². The monoisotopic (exact) mass is 247 g/mol. The van der Waals surface area contributed by atoms with Crippen LogP contribution in [0.15, 0.2) is 18.2 Å². The largest absolute Gasteiger partial charge is 0.486 e. The van der Waals surface area contributed by atoms with Crippen LogP contribution in [0.3, 0.4) is 0 Å². The molecule has 3 nitrogen and oxygen atoms in total. The van der Waals surface area contributed by atoms with Crippen LogP contribution in [-0.4, -0.2) is 25.8 Å². The van der Waals surface area contributed by atoms with Crippen molar-refractivity contribution in [1.29, 1.82) is 0 Å². The highest BCUT2D eigenvalue weighted by atomic mass is 16.6. The molecule has 2 heterocycles. The lowest BCUT2D eigenvalue weighted by Crippen LogP contribution is -2.39. The van der Waals surface area contributed by atoms with Gasteiger partial charge in [0.1, 0.15) is 13.2 Å². The summed E-state index contributed by atoms with van der Waals surface area (Å²) in [5, 5.41) is 3.63. The Hall–Kier alpha value is -1.22. The Morgan fingerprint density at radius 1 is 1.17 bits per heavy atom. The highest BCUT2D eigenvalue weighted by molar-refractivity contribution is 5.44. The van der Waals surface area contributed by atoms with Gasteiger partial charge in [-0.05, 0) is 49.4 Å². The maximum atomic E-state index is 5.62. The maximum Gasteiger partial charge on any atom is 0.161 e. The second kappa shape index (κ2) is 5.19. The Kier molecular flexibility index (Phi) is 3.41. The Morgan fingerprint density at radius 3 is 2.78 bits per heavy atom. The summed E-state index contributed by atoms with van der Waals surface area (Å²) in [6.45, 7) is 4.78. The molecule has 0 saturated carbocycles. The van der Waals surface area contributed by atoms with E-state index < -0.39 is 0 Å². The summed E-state index contributed by atoms with van der Waals surface area (Å²) in [6.07, 6.45) is 3.70. The van der Waals surface area contributed by atoms with Crippen molar-refractivity contribution in [3.63, 3.8) is 0 Å². The minimum Gasteiger partial charge on any atom is -0.486 e. The number of hydrogen-bond acceptors (Lipinski definition) is 3. The molecule has 1 N–H and O–H groups in total. The number of hydrogen-bond donors (Lipinski definition) is 1. The molecule has 2 unspecified atom stereocenters. The van der Waals surface area contributed by atoms with Gasteiger partial charge in [0.15, 0.2) is 11.5 Å². The molecule has 0 bridgehead atoms. The van der Waals surface area contributed by atoms with E-state index in [2.05, 4.69) is 24.4 Å². The zero-order valence-corrected chi connectivity index (χ0v) is 10.9. The van der Waals surface area contributed by atoms with Crippen LogP contribution in [0.1, 0.15) is 25.3 Å². The predicted molar refractivity (Wildman–Crippen MR) is 71.3 cm³/mol. The van der Waals surface area contributed by atoms with Gasteiger partial charge in [0.05, 0.1) is 0 Å². The third kappa shape index (κ3) is 2.61. The molecule has 0 amide bonds. The first-order valence-corrected chi connectivity index (χ1v) is 6.93. The first-order valence-electron chi connectivity index (χ1n) is 6.93. The van der Waals surface area contributed by atoms with Crippen LogP contribution in [-0.2, 0) is 6.42 Å². The lowest BCUT2D eigenvalue weighted by molar-refractivity contribution is 0.171. The van der Waals surface area contributed by atoms with Crippen LogP contribution in [0, 0.1) is 5.92 Å². The fourth-order valence-corrected chi connectivity index (χ4v) is 2.73. The highest BCUT2D eigenvalue weighted by Crippen LogP contribution is 2.31. The van der Waals surface area contributed by atoms with Gasteiger partial charge in [0, 0.05) is 6.04 Å². The van der Waals surface area contributed by atoms with Crippen LogP contribution >= 0.6 is 0 Å². The molecule has 0 aromatic heterocycles. The van der Waals surface area contributed by atoms with Crippen molar-refractivity contribution < 1.29 is 9.47 Å². The zero-order chi connectivity index (χ0) is 12.4. The minimum absolute atomic E-state index is 0.615. The molecule has 1 aromatic carbocycles. The Balaban J connectivity index is 1.66. The lowest BCUT2D eigenvalue weighted by Gasteiger charge is -2.28. The third-order valence-electron chi connectivity index (χ3n) is 3.85. The SMILES string of the molecule is CC1CCC(Cc2ccc3c(c2)OCCO3)NC1. The van der Waals surface area contributed by atoms with Gasteiger partial charge < -0.3 is 14.8 Å². The van der Waals surface area contributed by atoms with E-state index in [0.29, 0.717) is 19.3 Å². The zero-order valence-electron chi connectivity index (χ0n) is 10.9. The summed E-state index contributed by atoms with van der Waals surface area (Å²) in [4.78, 5) is 0. The molecule has 3 heteroatoms. The Morgan fingerprint density at radius 2 is 2.00 bits per heavy atom. The van der Waals surface area contributed by atoms with Crippen LogP contribution in [0.5, 0.6) is 11.5 Å². The lowest BCUT2D eigenvalue weighted by atomic mass is 9.92. The Labute approximate surface area is 108 Å². The number of piperidine rings is 1. The average Bonchev–Trinajstić information content (AvgIpc) is 2.41. The molecular formula is C15H21NO2. The number of benzene rings is 1. The van der Waals surface area contributed by atoms with E-state index >= 15 is 0 Å². The van der Waals surface area contributed by atoms with E-state index in [4.69, 9.17) is 9.47 Å². The van der Waals surface area contributed by atoms with Crippen molar-refractivity contribution in [2.75, 3.05) is 19.8 Å². The topological polar surface area (TPSA) is 30.5 Å².